The van der Waals surface area contributed by atoms with Gasteiger partial charge in [0, 0.05) is 18.8 Å². The SMILES string of the molecule is CC(=O)OC(C)[C@@]1(C)CC[C@H]2[C@@H]([C@H](C#N)CC3=CC(=O)CC[C@@H]32)[C@@H]1C. The molecule has 3 aliphatic rings. The van der Waals surface area contributed by atoms with Crippen molar-refractivity contribution in [2.24, 2.45) is 35.0 Å². The zero-order valence-electron chi connectivity index (χ0n) is 15.7. The third-order valence-electron chi connectivity index (χ3n) is 7.53. The second-order valence-electron chi connectivity index (χ2n) is 8.60. The third kappa shape index (κ3) is 3.03. The summed E-state index contributed by atoms with van der Waals surface area (Å²) < 4.78 is 5.55. The van der Waals surface area contributed by atoms with Gasteiger partial charge in [-0.1, -0.05) is 19.4 Å². The average Bonchev–Trinajstić information content (AvgIpc) is 2.56. The van der Waals surface area contributed by atoms with Gasteiger partial charge in [0.15, 0.2) is 5.78 Å². The summed E-state index contributed by atoms with van der Waals surface area (Å²) >= 11 is 0. The van der Waals surface area contributed by atoms with E-state index in [0.717, 1.165) is 25.7 Å². The first kappa shape index (κ1) is 18.2. The second-order valence-corrected chi connectivity index (χ2v) is 8.60. The minimum absolute atomic E-state index is 0.0439. The Bertz CT molecular complexity index is 646. The number of esters is 1. The van der Waals surface area contributed by atoms with Gasteiger partial charge in [-0.05, 0) is 62.4 Å². The Kier molecular flexibility index (Phi) is 4.79. The molecule has 2 saturated carbocycles. The standard InChI is InChI=1S/C21H29NO3/c1-12-20-16(11-22)9-15-10-17(24)5-6-18(15)19(20)7-8-21(12,4)13(2)25-14(3)23/h10,12-13,16,18-20H,5-9H2,1-4H3/t12-,13?,16-,18-,19+,20+,21-/m0/s1. The molecule has 3 aliphatic carbocycles. The van der Waals surface area contributed by atoms with Crippen molar-refractivity contribution in [2.75, 3.05) is 0 Å². The summed E-state index contributed by atoms with van der Waals surface area (Å²) in [5, 5.41) is 9.81. The molecule has 25 heavy (non-hydrogen) atoms. The number of carbonyl (C=O) groups excluding carboxylic acids is 2. The molecule has 0 saturated heterocycles. The number of hydrogen-bond acceptors (Lipinski definition) is 4. The highest BCUT2D eigenvalue weighted by Gasteiger charge is 2.54. The lowest BCUT2D eigenvalue weighted by atomic mass is 9.48. The van der Waals surface area contributed by atoms with E-state index >= 15 is 0 Å². The first-order chi connectivity index (χ1) is 11.8. The van der Waals surface area contributed by atoms with E-state index < -0.39 is 0 Å². The zero-order chi connectivity index (χ0) is 18.4. The monoisotopic (exact) mass is 343 g/mol. The van der Waals surface area contributed by atoms with Gasteiger partial charge in [0.2, 0.25) is 0 Å². The van der Waals surface area contributed by atoms with Gasteiger partial charge in [0.1, 0.15) is 6.10 Å². The van der Waals surface area contributed by atoms with Crippen LogP contribution in [0.25, 0.3) is 0 Å². The van der Waals surface area contributed by atoms with Gasteiger partial charge >= 0.3 is 5.97 Å². The molecule has 4 heteroatoms. The number of nitrogens with zero attached hydrogens (tertiary/aromatic N) is 1. The number of ketones is 1. The lowest BCUT2D eigenvalue weighted by Gasteiger charge is -2.56. The molecule has 4 nitrogen and oxygen atoms in total. The molecular weight excluding hydrogens is 314 g/mol. The van der Waals surface area contributed by atoms with Crippen LogP contribution >= 0.6 is 0 Å². The molecule has 0 N–H and O–H groups in total. The lowest BCUT2D eigenvalue weighted by Crippen LogP contribution is -2.53. The Morgan fingerprint density at radius 2 is 2.16 bits per heavy atom. The Morgan fingerprint density at radius 3 is 2.80 bits per heavy atom. The van der Waals surface area contributed by atoms with Crippen LogP contribution in [-0.4, -0.2) is 17.9 Å². The summed E-state index contributed by atoms with van der Waals surface area (Å²) in [5.74, 6) is 1.51. The van der Waals surface area contributed by atoms with Crippen LogP contribution in [0.3, 0.4) is 0 Å². The molecular formula is C21H29NO3. The van der Waals surface area contributed by atoms with E-state index in [4.69, 9.17) is 4.74 Å². The number of rotatable bonds is 2. The molecule has 0 aromatic carbocycles. The first-order valence-corrected chi connectivity index (χ1v) is 9.58. The van der Waals surface area contributed by atoms with Crippen LogP contribution in [0.1, 0.15) is 59.8 Å². The number of allylic oxidation sites excluding steroid dienone is 2. The van der Waals surface area contributed by atoms with E-state index in [0.29, 0.717) is 30.1 Å². The quantitative estimate of drug-likeness (QED) is 0.709. The summed E-state index contributed by atoms with van der Waals surface area (Å²) in [6.07, 6.45) is 6.04. The van der Waals surface area contributed by atoms with Crippen LogP contribution in [0.4, 0.5) is 0 Å². The van der Waals surface area contributed by atoms with Gasteiger partial charge in [-0.25, -0.2) is 0 Å². The molecule has 0 heterocycles. The predicted octanol–water partition coefficient (Wildman–Crippen LogP) is 4.06. The van der Waals surface area contributed by atoms with E-state index in [9.17, 15) is 14.9 Å². The van der Waals surface area contributed by atoms with Crippen molar-refractivity contribution < 1.29 is 14.3 Å². The smallest absolute Gasteiger partial charge is 0.302 e. The average molecular weight is 343 g/mol. The molecule has 0 spiro atoms. The van der Waals surface area contributed by atoms with Crippen LogP contribution in [0.5, 0.6) is 0 Å². The van der Waals surface area contributed by atoms with E-state index in [1.54, 1.807) is 0 Å². The Labute approximate surface area is 150 Å². The Hall–Kier alpha value is -1.63. The fraction of sp³-hybridized carbons (Fsp3) is 0.762. The van der Waals surface area contributed by atoms with Crippen molar-refractivity contribution in [3.05, 3.63) is 11.6 Å². The van der Waals surface area contributed by atoms with Gasteiger partial charge in [0.25, 0.3) is 0 Å². The number of carbonyl (C=O) groups is 2. The van der Waals surface area contributed by atoms with Crippen molar-refractivity contribution in [3.8, 4) is 6.07 Å². The van der Waals surface area contributed by atoms with E-state index in [-0.39, 0.29) is 29.2 Å². The maximum atomic E-state index is 11.8. The van der Waals surface area contributed by atoms with Gasteiger partial charge in [-0.3, -0.25) is 9.59 Å². The Balaban J connectivity index is 1.91. The van der Waals surface area contributed by atoms with Crippen molar-refractivity contribution in [3.63, 3.8) is 0 Å². The third-order valence-corrected chi connectivity index (χ3v) is 7.53. The van der Waals surface area contributed by atoms with E-state index in [1.807, 2.05) is 13.0 Å². The van der Waals surface area contributed by atoms with Crippen LogP contribution in [-0.2, 0) is 14.3 Å². The largest absolute Gasteiger partial charge is 0.462 e. The number of fused-ring (bicyclic) bond motifs is 3. The van der Waals surface area contributed by atoms with Gasteiger partial charge in [-0.15, -0.1) is 0 Å². The molecule has 0 aromatic rings. The zero-order valence-corrected chi connectivity index (χ0v) is 15.7. The summed E-state index contributed by atoms with van der Waals surface area (Å²) in [7, 11) is 0. The highest BCUT2D eigenvalue weighted by molar-refractivity contribution is 5.91. The summed E-state index contributed by atoms with van der Waals surface area (Å²) in [6, 6.07) is 2.54. The maximum Gasteiger partial charge on any atom is 0.302 e. The molecule has 1 unspecified atom stereocenters. The molecule has 0 aliphatic heterocycles. The van der Waals surface area contributed by atoms with Crippen LogP contribution in [0.2, 0.25) is 0 Å². The fourth-order valence-electron chi connectivity index (χ4n) is 5.87. The molecule has 3 rings (SSSR count). The molecule has 0 amide bonds. The van der Waals surface area contributed by atoms with Crippen LogP contribution in [0.15, 0.2) is 11.6 Å². The van der Waals surface area contributed by atoms with Crippen LogP contribution < -0.4 is 0 Å². The van der Waals surface area contributed by atoms with Gasteiger partial charge in [-0.2, -0.15) is 5.26 Å². The van der Waals surface area contributed by atoms with E-state index in [1.165, 1.54) is 12.5 Å². The molecule has 2 fully saturated rings. The minimum Gasteiger partial charge on any atom is -0.462 e. The molecule has 0 bridgehead atoms. The van der Waals surface area contributed by atoms with Crippen molar-refractivity contribution >= 4 is 11.8 Å². The number of hydrogen-bond donors (Lipinski definition) is 0. The summed E-state index contributed by atoms with van der Waals surface area (Å²) in [6.45, 7) is 7.91. The minimum atomic E-state index is -0.237. The topological polar surface area (TPSA) is 67.2 Å². The number of ether oxygens (including phenoxy) is 1. The lowest BCUT2D eigenvalue weighted by molar-refractivity contribution is -0.161. The van der Waals surface area contributed by atoms with Gasteiger partial charge in [0.05, 0.1) is 12.0 Å². The highest BCUT2D eigenvalue weighted by Crippen LogP contribution is 2.59. The second kappa shape index (κ2) is 6.59. The van der Waals surface area contributed by atoms with Gasteiger partial charge < -0.3 is 4.74 Å². The van der Waals surface area contributed by atoms with E-state index in [2.05, 4.69) is 19.9 Å². The molecule has 7 atom stereocenters. The predicted molar refractivity (Wildman–Crippen MR) is 94.2 cm³/mol. The highest BCUT2D eigenvalue weighted by atomic mass is 16.5. The molecule has 0 radical (unpaired) electrons. The summed E-state index contributed by atoms with van der Waals surface area (Å²) in [4.78, 5) is 23.3. The maximum absolute atomic E-state index is 11.8. The van der Waals surface area contributed by atoms with Crippen molar-refractivity contribution in [2.45, 2.75) is 65.9 Å². The molecule has 0 aromatic heterocycles. The normalized spacial score (nSPS) is 41.6. The summed E-state index contributed by atoms with van der Waals surface area (Å²) in [5.41, 5.74) is 1.11. The number of nitriles is 1. The Morgan fingerprint density at radius 1 is 1.44 bits per heavy atom. The van der Waals surface area contributed by atoms with Crippen LogP contribution in [0, 0.1) is 46.3 Å². The first-order valence-electron chi connectivity index (χ1n) is 9.58. The molecule has 136 valence electrons. The fourth-order valence-corrected chi connectivity index (χ4v) is 5.87. The van der Waals surface area contributed by atoms with Crippen molar-refractivity contribution in [1.29, 1.82) is 5.26 Å². The van der Waals surface area contributed by atoms with Crippen molar-refractivity contribution in [1.82, 2.24) is 0 Å².